The topological polar surface area (TPSA) is 40.6 Å². The number of rotatable bonds is 3. The van der Waals surface area contributed by atoms with Gasteiger partial charge < -0.3 is 4.90 Å². The lowest BCUT2D eigenvalue weighted by Gasteiger charge is -2.41. The Hall–Kier alpha value is -2.67. The van der Waals surface area contributed by atoms with Crippen molar-refractivity contribution in [2.24, 2.45) is 0 Å². The predicted molar refractivity (Wildman–Crippen MR) is 95.5 cm³/mol. The van der Waals surface area contributed by atoms with Crippen molar-refractivity contribution in [3.8, 4) is 0 Å². The standard InChI is InChI=1S/C19H14F2N2O2S/c20-14-7-6-12(10-15(14)21)11-22-16-8-9-26-17(16)18(24)23(19(22)25)13-4-2-1-3-5-13/h1-10,16-17H,11H2. The lowest BCUT2D eigenvalue weighted by atomic mass is 10.1. The first-order valence-corrected chi connectivity index (χ1v) is 8.96. The first-order chi connectivity index (χ1) is 12.6. The zero-order chi connectivity index (χ0) is 18.3. The van der Waals surface area contributed by atoms with Gasteiger partial charge in [-0.2, -0.15) is 0 Å². The van der Waals surface area contributed by atoms with E-state index in [1.807, 2.05) is 0 Å². The zero-order valence-electron chi connectivity index (χ0n) is 13.5. The van der Waals surface area contributed by atoms with Crippen molar-refractivity contribution in [2.45, 2.75) is 17.8 Å². The molecule has 132 valence electrons. The van der Waals surface area contributed by atoms with E-state index in [1.165, 1.54) is 22.7 Å². The van der Waals surface area contributed by atoms with E-state index in [-0.39, 0.29) is 12.5 Å². The number of urea groups is 1. The molecule has 2 atom stereocenters. The number of anilines is 1. The third-order valence-electron chi connectivity index (χ3n) is 4.42. The molecule has 1 fully saturated rings. The Kier molecular flexibility index (Phi) is 4.24. The number of hydrogen-bond donors (Lipinski definition) is 0. The average Bonchev–Trinajstić information content (AvgIpc) is 3.13. The van der Waals surface area contributed by atoms with Gasteiger partial charge >= 0.3 is 6.03 Å². The quantitative estimate of drug-likeness (QED) is 0.820. The monoisotopic (exact) mass is 372 g/mol. The number of nitrogens with zero attached hydrogens (tertiary/aromatic N) is 2. The Bertz CT molecular complexity index is 904. The number of halogens is 2. The second-order valence-corrected chi connectivity index (χ2v) is 7.10. The second kappa shape index (κ2) is 6.57. The lowest BCUT2D eigenvalue weighted by molar-refractivity contribution is -0.119. The van der Waals surface area contributed by atoms with Gasteiger partial charge in [0.25, 0.3) is 5.91 Å². The number of para-hydroxylation sites is 1. The van der Waals surface area contributed by atoms with Crippen molar-refractivity contribution >= 4 is 29.4 Å². The van der Waals surface area contributed by atoms with Gasteiger partial charge in [-0.3, -0.25) is 4.79 Å². The third-order valence-corrected chi connectivity index (χ3v) is 5.51. The van der Waals surface area contributed by atoms with Crippen LogP contribution in [0.3, 0.4) is 0 Å². The summed E-state index contributed by atoms with van der Waals surface area (Å²) in [5, 5.41) is 1.35. The molecule has 4 rings (SSSR count). The highest BCUT2D eigenvalue weighted by molar-refractivity contribution is 8.03. The van der Waals surface area contributed by atoms with Gasteiger partial charge in [-0.25, -0.2) is 18.5 Å². The van der Waals surface area contributed by atoms with Crippen molar-refractivity contribution in [3.05, 3.63) is 77.2 Å². The van der Waals surface area contributed by atoms with Crippen LogP contribution < -0.4 is 4.90 Å². The summed E-state index contributed by atoms with van der Waals surface area (Å²) in [5.41, 5.74) is 0.951. The highest BCUT2D eigenvalue weighted by Crippen LogP contribution is 2.37. The minimum absolute atomic E-state index is 0.0821. The van der Waals surface area contributed by atoms with E-state index < -0.39 is 29.0 Å². The Morgan fingerprint density at radius 1 is 1.00 bits per heavy atom. The van der Waals surface area contributed by atoms with Crippen LogP contribution in [-0.2, 0) is 11.3 Å². The van der Waals surface area contributed by atoms with Crippen LogP contribution in [0.5, 0.6) is 0 Å². The normalized spacial score (nSPS) is 22.1. The molecule has 7 heteroatoms. The van der Waals surface area contributed by atoms with Gasteiger partial charge in [0.2, 0.25) is 0 Å². The number of imide groups is 1. The second-order valence-electron chi connectivity index (χ2n) is 6.04. The number of carbonyl (C=O) groups excluding carboxylic acids is 2. The minimum Gasteiger partial charge on any atom is -0.312 e. The van der Waals surface area contributed by atoms with Crippen LogP contribution in [0.4, 0.5) is 19.3 Å². The lowest BCUT2D eigenvalue weighted by Crippen LogP contribution is -2.61. The Labute approximate surface area is 153 Å². The maximum atomic E-state index is 13.5. The van der Waals surface area contributed by atoms with Crippen molar-refractivity contribution in [1.29, 1.82) is 0 Å². The smallest absolute Gasteiger partial charge is 0.312 e. The summed E-state index contributed by atoms with van der Waals surface area (Å²) in [6.07, 6.45) is 1.80. The van der Waals surface area contributed by atoms with E-state index in [9.17, 15) is 18.4 Å². The molecule has 2 aliphatic heterocycles. The highest BCUT2D eigenvalue weighted by Gasteiger charge is 2.47. The van der Waals surface area contributed by atoms with Crippen molar-refractivity contribution in [2.75, 3.05) is 4.90 Å². The summed E-state index contributed by atoms with van der Waals surface area (Å²) >= 11 is 1.36. The summed E-state index contributed by atoms with van der Waals surface area (Å²) in [6.45, 7) is 0.0821. The number of hydrogen-bond acceptors (Lipinski definition) is 3. The summed E-state index contributed by atoms with van der Waals surface area (Å²) in [5.74, 6) is -2.17. The summed E-state index contributed by atoms with van der Waals surface area (Å²) in [7, 11) is 0. The molecule has 1 saturated heterocycles. The Morgan fingerprint density at radius 3 is 2.50 bits per heavy atom. The van der Waals surface area contributed by atoms with E-state index in [0.717, 1.165) is 17.0 Å². The van der Waals surface area contributed by atoms with Gasteiger partial charge in [0.05, 0.1) is 11.7 Å². The number of carbonyl (C=O) groups is 2. The van der Waals surface area contributed by atoms with E-state index in [1.54, 1.807) is 41.8 Å². The molecule has 2 aliphatic rings. The molecule has 2 unspecified atom stereocenters. The average molecular weight is 372 g/mol. The SMILES string of the molecule is O=C1C2SC=CC2N(Cc2ccc(F)c(F)c2)C(=O)N1c1ccccc1. The van der Waals surface area contributed by atoms with Crippen molar-refractivity contribution < 1.29 is 18.4 Å². The number of thioether (sulfide) groups is 1. The first kappa shape index (κ1) is 16.8. The van der Waals surface area contributed by atoms with Crippen LogP contribution in [-0.4, -0.2) is 28.1 Å². The number of benzene rings is 2. The molecule has 0 saturated carbocycles. The molecular formula is C19H14F2N2O2S. The predicted octanol–water partition coefficient (Wildman–Crippen LogP) is 3.93. The molecule has 26 heavy (non-hydrogen) atoms. The number of amides is 3. The third kappa shape index (κ3) is 2.78. The van der Waals surface area contributed by atoms with Crippen LogP contribution in [0.25, 0.3) is 0 Å². The van der Waals surface area contributed by atoms with Gasteiger partial charge in [-0.05, 0) is 35.2 Å². The first-order valence-electron chi connectivity index (χ1n) is 8.02. The molecule has 0 aromatic heterocycles. The summed E-state index contributed by atoms with van der Waals surface area (Å²) in [4.78, 5) is 28.5. The molecule has 2 aromatic carbocycles. The Balaban J connectivity index is 1.70. The van der Waals surface area contributed by atoms with Gasteiger partial charge in [0.1, 0.15) is 5.25 Å². The molecule has 0 spiro atoms. The van der Waals surface area contributed by atoms with E-state index >= 15 is 0 Å². The fourth-order valence-electron chi connectivity index (χ4n) is 3.16. The largest absolute Gasteiger partial charge is 0.332 e. The molecule has 2 aromatic rings. The Morgan fingerprint density at radius 2 is 1.77 bits per heavy atom. The van der Waals surface area contributed by atoms with Crippen molar-refractivity contribution in [1.82, 2.24) is 4.90 Å². The fraction of sp³-hybridized carbons (Fsp3) is 0.158. The molecular weight excluding hydrogens is 358 g/mol. The van der Waals surface area contributed by atoms with E-state index in [0.29, 0.717) is 11.3 Å². The van der Waals surface area contributed by atoms with Gasteiger partial charge in [-0.1, -0.05) is 30.3 Å². The fourth-order valence-corrected chi connectivity index (χ4v) is 4.20. The molecule has 4 nitrogen and oxygen atoms in total. The summed E-state index contributed by atoms with van der Waals surface area (Å²) in [6, 6.07) is 11.4. The maximum absolute atomic E-state index is 13.5. The van der Waals surface area contributed by atoms with Gasteiger partial charge in [0, 0.05) is 6.54 Å². The molecule has 0 bridgehead atoms. The van der Waals surface area contributed by atoms with Crippen LogP contribution in [0.1, 0.15) is 5.56 Å². The molecule has 0 aliphatic carbocycles. The highest BCUT2D eigenvalue weighted by atomic mass is 32.2. The van der Waals surface area contributed by atoms with Crippen LogP contribution in [0, 0.1) is 11.6 Å². The maximum Gasteiger partial charge on any atom is 0.332 e. The molecule has 0 radical (unpaired) electrons. The van der Waals surface area contributed by atoms with Crippen LogP contribution in [0.2, 0.25) is 0 Å². The molecule has 3 amide bonds. The molecule has 0 N–H and O–H groups in total. The van der Waals surface area contributed by atoms with Gasteiger partial charge in [-0.15, -0.1) is 11.8 Å². The molecule has 2 heterocycles. The van der Waals surface area contributed by atoms with E-state index in [4.69, 9.17) is 0 Å². The van der Waals surface area contributed by atoms with E-state index in [2.05, 4.69) is 0 Å². The van der Waals surface area contributed by atoms with Crippen molar-refractivity contribution in [3.63, 3.8) is 0 Å². The zero-order valence-corrected chi connectivity index (χ0v) is 14.3. The summed E-state index contributed by atoms with van der Waals surface area (Å²) < 4.78 is 26.7. The van der Waals surface area contributed by atoms with Crippen LogP contribution in [0.15, 0.2) is 60.0 Å². The van der Waals surface area contributed by atoms with Crippen LogP contribution >= 0.6 is 11.8 Å². The minimum atomic E-state index is -0.962. The van der Waals surface area contributed by atoms with Gasteiger partial charge in [0.15, 0.2) is 11.6 Å². The number of fused-ring (bicyclic) bond motifs is 1.